The van der Waals surface area contributed by atoms with E-state index in [2.05, 4.69) is 55.1 Å². The van der Waals surface area contributed by atoms with Gasteiger partial charge in [-0.05, 0) is 69.0 Å². The van der Waals surface area contributed by atoms with Crippen LogP contribution in [0.3, 0.4) is 0 Å². The zero-order valence-corrected chi connectivity index (χ0v) is 19.6. The van der Waals surface area contributed by atoms with Crippen LogP contribution in [-0.2, 0) is 17.7 Å². The number of nitrogens with zero attached hydrogens (tertiary/aromatic N) is 2. The van der Waals surface area contributed by atoms with Gasteiger partial charge in [0.05, 0.1) is 6.61 Å². The SMILES string of the molecule is Cc1ccc(OCCc2ccc(CN3CCN(C(=O)OC(C)(C)C)CC3)cc2)cc1C. The lowest BCUT2D eigenvalue weighted by molar-refractivity contribution is 0.0139. The fourth-order valence-electron chi connectivity index (χ4n) is 3.58. The molecule has 0 atom stereocenters. The molecular weight excluding hydrogens is 388 g/mol. The third kappa shape index (κ3) is 7.28. The van der Waals surface area contributed by atoms with Crippen molar-refractivity contribution in [2.24, 2.45) is 0 Å². The molecule has 0 N–H and O–H groups in total. The number of carbonyl (C=O) groups excluding carboxylic acids is 1. The Kier molecular flexibility index (Phi) is 7.60. The third-order valence-corrected chi connectivity index (χ3v) is 5.59. The maximum absolute atomic E-state index is 12.2. The highest BCUT2D eigenvalue weighted by atomic mass is 16.6. The van der Waals surface area contributed by atoms with Gasteiger partial charge < -0.3 is 14.4 Å². The van der Waals surface area contributed by atoms with Gasteiger partial charge in [-0.1, -0.05) is 30.3 Å². The third-order valence-electron chi connectivity index (χ3n) is 5.59. The second kappa shape index (κ2) is 10.2. The molecular formula is C26H36N2O3. The van der Waals surface area contributed by atoms with E-state index in [1.165, 1.54) is 22.3 Å². The smallest absolute Gasteiger partial charge is 0.410 e. The highest BCUT2D eigenvalue weighted by Gasteiger charge is 2.25. The van der Waals surface area contributed by atoms with Crippen molar-refractivity contribution in [3.63, 3.8) is 0 Å². The number of benzene rings is 2. The number of amides is 1. The van der Waals surface area contributed by atoms with Crippen LogP contribution in [0.5, 0.6) is 5.75 Å². The van der Waals surface area contributed by atoms with E-state index in [-0.39, 0.29) is 6.09 Å². The minimum atomic E-state index is -0.444. The summed E-state index contributed by atoms with van der Waals surface area (Å²) in [4.78, 5) is 16.4. The van der Waals surface area contributed by atoms with Crippen LogP contribution >= 0.6 is 0 Å². The number of ether oxygens (including phenoxy) is 2. The first-order chi connectivity index (χ1) is 14.7. The Morgan fingerprint density at radius 1 is 0.903 bits per heavy atom. The average Bonchev–Trinajstić information content (AvgIpc) is 2.71. The van der Waals surface area contributed by atoms with E-state index in [9.17, 15) is 4.79 Å². The van der Waals surface area contributed by atoms with Crippen molar-refractivity contribution in [2.75, 3.05) is 32.8 Å². The van der Waals surface area contributed by atoms with E-state index in [0.717, 1.165) is 31.8 Å². The highest BCUT2D eigenvalue weighted by molar-refractivity contribution is 5.68. The van der Waals surface area contributed by atoms with Gasteiger partial charge in [0.25, 0.3) is 0 Å². The number of piperazine rings is 1. The maximum atomic E-state index is 12.2. The van der Waals surface area contributed by atoms with Crippen LogP contribution in [0.15, 0.2) is 42.5 Å². The Balaban J connectivity index is 1.40. The molecule has 0 aliphatic carbocycles. The van der Waals surface area contributed by atoms with Crippen molar-refractivity contribution >= 4 is 6.09 Å². The minimum Gasteiger partial charge on any atom is -0.493 e. The highest BCUT2D eigenvalue weighted by Crippen LogP contribution is 2.17. The van der Waals surface area contributed by atoms with E-state index in [1.54, 1.807) is 4.90 Å². The number of aryl methyl sites for hydroxylation is 2. The molecule has 1 saturated heterocycles. The molecule has 0 radical (unpaired) electrons. The Hall–Kier alpha value is -2.53. The Morgan fingerprint density at radius 2 is 1.55 bits per heavy atom. The van der Waals surface area contributed by atoms with E-state index in [1.807, 2.05) is 26.8 Å². The summed E-state index contributed by atoms with van der Waals surface area (Å²) in [5.74, 6) is 0.935. The second-order valence-corrected chi connectivity index (χ2v) is 9.40. The van der Waals surface area contributed by atoms with Crippen LogP contribution in [0.4, 0.5) is 4.79 Å². The molecule has 1 heterocycles. The van der Waals surface area contributed by atoms with Crippen LogP contribution in [0, 0.1) is 13.8 Å². The normalized spacial score (nSPS) is 15.1. The first-order valence-corrected chi connectivity index (χ1v) is 11.2. The van der Waals surface area contributed by atoms with Crippen LogP contribution < -0.4 is 4.74 Å². The largest absolute Gasteiger partial charge is 0.493 e. The van der Waals surface area contributed by atoms with Gasteiger partial charge in [0.2, 0.25) is 0 Å². The summed E-state index contributed by atoms with van der Waals surface area (Å²) in [5, 5.41) is 0. The zero-order chi connectivity index (χ0) is 22.4. The molecule has 0 unspecified atom stereocenters. The van der Waals surface area contributed by atoms with Crippen molar-refractivity contribution in [3.05, 3.63) is 64.7 Å². The summed E-state index contributed by atoms with van der Waals surface area (Å²) in [7, 11) is 0. The molecule has 5 nitrogen and oxygen atoms in total. The van der Waals surface area contributed by atoms with Crippen LogP contribution in [0.2, 0.25) is 0 Å². The molecule has 1 amide bonds. The van der Waals surface area contributed by atoms with Crippen molar-refractivity contribution in [2.45, 2.75) is 53.2 Å². The van der Waals surface area contributed by atoms with Gasteiger partial charge in [-0.25, -0.2) is 4.79 Å². The summed E-state index contributed by atoms with van der Waals surface area (Å²) in [6.07, 6.45) is 0.682. The van der Waals surface area contributed by atoms with Gasteiger partial charge in [-0.2, -0.15) is 0 Å². The molecule has 0 bridgehead atoms. The van der Waals surface area contributed by atoms with E-state index in [4.69, 9.17) is 9.47 Å². The molecule has 2 aromatic rings. The van der Waals surface area contributed by atoms with E-state index < -0.39 is 5.60 Å². The molecule has 168 valence electrons. The molecule has 31 heavy (non-hydrogen) atoms. The summed E-state index contributed by atoms with van der Waals surface area (Å²) in [5.41, 5.74) is 4.68. The maximum Gasteiger partial charge on any atom is 0.410 e. The van der Waals surface area contributed by atoms with Crippen molar-refractivity contribution in [3.8, 4) is 5.75 Å². The van der Waals surface area contributed by atoms with Crippen LogP contribution in [-0.4, -0.2) is 54.3 Å². The van der Waals surface area contributed by atoms with Gasteiger partial charge >= 0.3 is 6.09 Å². The van der Waals surface area contributed by atoms with Crippen LogP contribution in [0.25, 0.3) is 0 Å². The molecule has 1 aliphatic rings. The van der Waals surface area contributed by atoms with E-state index >= 15 is 0 Å². The van der Waals surface area contributed by atoms with Gasteiger partial charge in [0, 0.05) is 39.1 Å². The lowest BCUT2D eigenvalue weighted by Gasteiger charge is -2.35. The minimum absolute atomic E-state index is 0.209. The lowest BCUT2D eigenvalue weighted by atomic mass is 10.1. The number of carbonyl (C=O) groups is 1. The molecule has 3 rings (SSSR count). The number of hydrogen-bond donors (Lipinski definition) is 0. The summed E-state index contributed by atoms with van der Waals surface area (Å²) < 4.78 is 11.4. The van der Waals surface area contributed by atoms with E-state index in [0.29, 0.717) is 19.7 Å². The number of rotatable bonds is 6. The quantitative estimate of drug-likeness (QED) is 0.656. The second-order valence-electron chi connectivity index (χ2n) is 9.40. The summed E-state index contributed by atoms with van der Waals surface area (Å²) in [6, 6.07) is 15.0. The first kappa shape index (κ1) is 23.1. The number of hydrogen-bond acceptors (Lipinski definition) is 4. The molecule has 0 saturated carbocycles. The lowest BCUT2D eigenvalue weighted by Crippen LogP contribution is -2.49. The molecule has 0 aromatic heterocycles. The van der Waals surface area contributed by atoms with Crippen LogP contribution in [0.1, 0.15) is 43.0 Å². The van der Waals surface area contributed by atoms with Gasteiger partial charge in [0.15, 0.2) is 0 Å². The molecule has 1 fully saturated rings. The zero-order valence-electron chi connectivity index (χ0n) is 19.6. The predicted octanol–water partition coefficient (Wildman–Crippen LogP) is 4.98. The summed E-state index contributed by atoms with van der Waals surface area (Å²) >= 11 is 0. The molecule has 5 heteroatoms. The van der Waals surface area contributed by atoms with Crippen molar-refractivity contribution in [1.82, 2.24) is 9.80 Å². The van der Waals surface area contributed by atoms with Crippen molar-refractivity contribution in [1.29, 1.82) is 0 Å². The Labute approximate surface area is 187 Å². The van der Waals surface area contributed by atoms with Gasteiger partial charge in [-0.15, -0.1) is 0 Å². The molecule has 2 aromatic carbocycles. The molecule has 1 aliphatic heterocycles. The topological polar surface area (TPSA) is 42.0 Å². The fraction of sp³-hybridized carbons (Fsp3) is 0.500. The first-order valence-electron chi connectivity index (χ1n) is 11.2. The average molecular weight is 425 g/mol. The molecule has 0 spiro atoms. The Morgan fingerprint density at radius 3 is 2.16 bits per heavy atom. The standard InChI is InChI=1S/C26H36N2O3/c1-20-6-11-24(18-21(20)2)30-17-12-22-7-9-23(10-8-22)19-27-13-15-28(16-14-27)25(29)31-26(3,4)5/h6-11,18H,12-17,19H2,1-5H3. The fourth-order valence-corrected chi connectivity index (χ4v) is 3.58. The Bertz CT molecular complexity index is 863. The van der Waals surface area contributed by atoms with Gasteiger partial charge in [-0.3, -0.25) is 4.90 Å². The monoisotopic (exact) mass is 424 g/mol. The van der Waals surface area contributed by atoms with Crippen molar-refractivity contribution < 1.29 is 14.3 Å². The van der Waals surface area contributed by atoms with Gasteiger partial charge in [0.1, 0.15) is 11.4 Å². The summed E-state index contributed by atoms with van der Waals surface area (Å²) in [6.45, 7) is 14.7. The predicted molar refractivity (Wildman–Crippen MR) is 125 cm³/mol.